The molecule has 0 saturated carbocycles. The van der Waals surface area contributed by atoms with E-state index in [4.69, 9.17) is 0 Å². The molecule has 1 fully saturated rings. The number of nitrogens with one attached hydrogen (secondary N) is 1. The molecule has 0 aliphatic carbocycles. The van der Waals surface area contributed by atoms with Crippen molar-refractivity contribution in [2.24, 2.45) is 0 Å². The Morgan fingerprint density at radius 1 is 1.47 bits per heavy atom. The molecule has 0 amide bonds. The Balaban J connectivity index is 2.15. The lowest BCUT2D eigenvalue weighted by molar-refractivity contribution is 0.129. The minimum atomic E-state index is -0.127. The summed E-state index contributed by atoms with van der Waals surface area (Å²) in [6.45, 7) is 6.96. The van der Waals surface area contributed by atoms with E-state index in [1.54, 1.807) is 6.07 Å². The van der Waals surface area contributed by atoms with Gasteiger partial charge in [0.1, 0.15) is 5.82 Å². The molecule has 17 heavy (non-hydrogen) atoms. The molecule has 0 bridgehead atoms. The lowest BCUT2D eigenvalue weighted by atomic mass is 10.1. The van der Waals surface area contributed by atoms with Crippen molar-refractivity contribution in [3.63, 3.8) is 0 Å². The number of nitrogens with zero attached hydrogens (tertiary/aromatic N) is 1. The molecule has 2 unspecified atom stereocenters. The maximum absolute atomic E-state index is 13.8. The molecule has 94 valence electrons. The van der Waals surface area contributed by atoms with Gasteiger partial charge in [0, 0.05) is 41.8 Å². The second-order valence-corrected chi connectivity index (χ2v) is 5.51. The summed E-state index contributed by atoms with van der Waals surface area (Å²) in [6, 6.07) is 6.03. The van der Waals surface area contributed by atoms with Gasteiger partial charge in [0.2, 0.25) is 0 Å². The second kappa shape index (κ2) is 5.46. The first kappa shape index (κ1) is 13.0. The van der Waals surface area contributed by atoms with Crippen molar-refractivity contribution in [2.75, 3.05) is 13.1 Å². The summed E-state index contributed by atoms with van der Waals surface area (Å²) in [5.74, 6) is -0.127. The highest BCUT2D eigenvalue weighted by molar-refractivity contribution is 9.10. The second-order valence-electron chi connectivity index (χ2n) is 4.65. The normalized spacial score (nSPS) is 26.1. The summed E-state index contributed by atoms with van der Waals surface area (Å²) in [5.41, 5.74) is 0.758. The van der Waals surface area contributed by atoms with Crippen molar-refractivity contribution in [1.82, 2.24) is 10.2 Å². The highest BCUT2D eigenvalue weighted by Gasteiger charge is 2.25. The fourth-order valence-corrected chi connectivity index (χ4v) is 2.70. The van der Waals surface area contributed by atoms with Crippen molar-refractivity contribution >= 4 is 15.9 Å². The average Bonchev–Trinajstić information content (AvgIpc) is 2.29. The van der Waals surface area contributed by atoms with Crippen LogP contribution in [0.4, 0.5) is 4.39 Å². The van der Waals surface area contributed by atoms with Crippen LogP contribution in [0.2, 0.25) is 0 Å². The first-order valence-corrected chi connectivity index (χ1v) is 6.79. The van der Waals surface area contributed by atoms with E-state index >= 15 is 0 Å². The minimum Gasteiger partial charge on any atom is -0.311 e. The van der Waals surface area contributed by atoms with Crippen LogP contribution in [0.15, 0.2) is 22.7 Å². The fraction of sp³-hybridized carbons (Fsp3) is 0.538. The molecule has 0 aromatic heterocycles. The van der Waals surface area contributed by atoms with Gasteiger partial charge in [0.25, 0.3) is 0 Å². The van der Waals surface area contributed by atoms with Crippen LogP contribution >= 0.6 is 15.9 Å². The van der Waals surface area contributed by atoms with E-state index < -0.39 is 0 Å². The SMILES string of the molecule is CC1NCCN(Cc2c(F)cccc2Br)C1C. The van der Waals surface area contributed by atoms with Crippen LogP contribution in [-0.2, 0) is 6.54 Å². The van der Waals surface area contributed by atoms with Gasteiger partial charge >= 0.3 is 0 Å². The standard InChI is InChI=1S/C13H18BrFN2/c1-9-10(2)17(7-6-16-9)8-11-12(14)4-3-5-13(11)15/h3-5,9-10,16H,6-8H2,1-2H3. The third-order valence-corrected chi connectivity index (χ3v) is 4.33. The van der Waals surface area contributed by atoms with Crippen LogP contribution < -0.4 is 5.32 Å². The van der Waals surface area contributed by atoms with Gasteiger partial charge in [-0.1, -0.05) is 22.0 Å². The summed E-state index contributed by atoms with van der Waals surface area (Å²) in [4.78, 5) is 2.32. The fourth-order valence-electron chi connectivity index (χ4n) is 2.24. The van der Waals surface area contributed by atoms with Gasteiger partial charge < -0.3 is 5.32 Å². The van der Waals surface area contributed by atoms with Crippen LogP contribution in [0.25, 0.3) is 0 Å². The molecule has 1 aliphatic heterocycles. The summed E-state index contributed by atoms with van der Waals surface area (Å²) in [7, 11) is 0. The van der Waals surface area contributed by atoms with Crippen LogP contribution in [-0.4, -0.2) is 30.1 Å². The molecule has 0 radical (unpaired) electrons. The van der Waals surface area contributed by atoms with E-state index in [1.807, 2.05) is 6.07 Å². The molecular weight excluding hydrogens is 283 g/mol. The molecular formula is C13H18BrFN2. The Morgan fingerprint density at radius 3 is 2.94 bits per heavy atom. The van der Waals surface area contributed by atoms with Gasteiger partial charge in [-0.2, -0.15) is 0 Å². The minimum absolute atomic E-state index is 0.127. The van der Waals surface area contributed by atoms with Crippen molar-refractivity contribution in [3.8, 4) is 0 Å². The maximum Gasteiger partial charge on any atom is 0.128 e. The van der Waals surface area contributed by atoms with Gasteiger partial charge in [0.15, 0.2) is 0 Å². The third-order valence-electron chi connectivity index (χ3n) is 3.59. The largest absolute Gasteiger partial charge is 0.311 e. The number of hydrogen-bond acceptors (Lipinski definition) is 2. The van der Waals surface area contributed by atoms with Crippen LogP contribution in [0.5, 0.6) is 0 Å². The summed E-state index contributed by atoms with van der Waals surface area (Å²) in [6.07, 6.45) is 0. The summed E-state index contributed by atoms with van der Waals surface area (Å²) < 4.78 is 14.6. The monoisotopic (exact) mass is 300 g/mol. The van der Waals surface area contributed by atoms with E-state index in [0.29, 0.717) is 18.6 Å². The van der Waals surface area contributed by atoms with Crippen LogP contribution in [0, 0.1) is 5.82 Å². The summed E-state index contributed by atoms with van der Waals surface area (Å²) >= 11 is 3.43. The summed E-state index contributed by atoms with van der Waals surface area (Å²) in [5, 5.41) is 3.43. The van der Waals surface area contributed by atoms with Crippen LogP contribution in [0.3, 0.4) is 0 Å². The average molecular weight is 301 g/mol. The first-order valence-electron chi connectivity index (χ1n) is 6.00. The van der Waals surface area contributed by atoms with Crippen molar-refractivity contribution < 1.29 is 4.39 Å². The Morgan fingerprint density at radius 2 is 2.24 bits per heavy atom. The van der Waals surface area contributed by atoms with E-state index in [1.165, 1.54) is 6.07 Å². The molecule has 1 aromatic carbocycles. The lowest BCUT2D eigenvalue weighted by Crippen LogP contribution is -2.54. The molecule has 4 heteroatoms. The van der Waals surface area contributed by atoms with Crippen LogP contribution in [0.1, 0.15) is 19.4 Å². The maximum atomic E-state index is 13.8. The molecule has 1 heterocycles. The predicted octanol–water partition coefficient (Wildman–Crippen LogP) is 2.77. The Hall–Kier alpha value is -0.450. The molecule has 1 saturated heterocycles. The Labute approximate surface area is 110 Å². The zero-order valence-corrected chi connectivity index (χ0v) is 11.8. The van der Waals surface area contributed by atoms with E-state index in [9.17, 15) is 4.39 Å². The van der Waals surface area contributed by atoms with Crippen molar-refractivity contribution in [2.45, 2.75) is 32.5 Å². The number of hydrogen-bond donors (Lipinski definition) is 1. The van der Waals surface area contributed by atoms with E-state index in [-0.39, 0.29) is 5.82 Å². The molecule has 2 nitrogen and oxygen atoms in total. The molecule has 0 spiro atoms. The van der Waals surface area contributed by atoms with Gasteiger partial charge in [-0.25, -0.2) is 4.39 Å². The topological polar surface area (TPSA) is 15.3 Å². The van der Waals surface area contributed by atoms with Gasteiger partial charge in [-0.15, -0.1) is 0 Å². The highest BCUT2D eigenvalue weighted by atomic mass is 79.9. The Bertz CT molecular complexity index is 377. The molecule has 1 aliphatic rings. The van der Waals surface area contributed by atoms with Gasteiger partial charge in [-0.3, -0.25) is 4.90 Å². The third kappa shape index (κ3) is 2.87. The molecule has 1 aromatic rings. The van der Waals surface area contributed by atoms with Crippen molar-refractivity contribution in [1.29, 1.82) is 0 Å². The number of piperazine rings is 1. The highest BCUT2D eigenvalue weighted by Crippen LogP contribution is 2.23. The number of halogens is 2. The van der Waals surface area contributed by atoms with E-state index in [0.717, 1.165) is 23.1 Å². The van der Waals surface area contributed by atoms with E-state index in [2.05, 4.69) is 40.0 Å². The molecule has 2 rings (SSSR count). The zero-order chi connectivity index (χ0) is 12.4. The van der Waals surface area contributed by atoms with Gasteiger partial charge in [-0.05, 0) is 26.0 Å². The lowest BCUT2D eigenvalue weighted by Gasteiger charge is -2.38. The number of benzene rings is 1. The number of rotatable bonds is 2. The molecule has 2 atom stereocenters. The van der Waals surface area contributed by atoms with Crippen molar-refractivity contribution in [3.05, 3.63) is 34.1 Å². The predicted molar refractivity (Wildman–Crippen MR) is 71.4 cm³/mol. The zero-order valence-electron chi connectivity index (χ0n) is 10.2. The molecule has 1 N–H and O–H groups in total. The Kier molecular flexibility index (Phi) is 4.17. The quantitative estimate of drug-likeness (QED) is 0.903. The smallest absolute Gasteiger partial charge is 0.128 e. The van der Waals surface area contributed by atoms with Gasteiger partial charge in [0.05, 0.1) is 0 Å². The first-order chi connectivity index (χ1) is 8.09.